The van der Waals surface area contributed by atoms with Crippen molar-refractivity contribution in [3.05, 3.63) is 24.5 Å². The van der Waals surface area contributed by atoms with Crippen LogP contribution in [0.2, 0.25) is 0 Å². The van der Waals surface area contributed by atoms with Crippen LogP contribution in [0, 0.1) is 0 Å². The molecule has 0 spiro atoms. The lowest BCUT2D eigenvalue weighted by atomic mass is 10.4. The zero-order valence-electron chi connectivity index (χ0n) is 8.07. The van der Waals surface area contributed by atoms with Gasteiger partial charge in [-0.3, -0.25) is 9.47 Å². The zero-order valence-corrected chi connectivity index (χ0v) is 8.07. The van der Waals surface area contributed by atoms with Crippen molar-refractivity contribution >= 4 is 5.91 Å². The highest BCUT2D eigenvalue weighted by Crippen LogP contribution is 2.18. The number of nitrogens with zero attached hydrogens (tertiary/aromatic N) is 1. The number of hydrogen-bond acceptors (Lipinski definition) is 2. The first-order chi connectivity index (χ1) is 6.84. The monoisotopic (exact) mass is 193 g/mol. The van der Waals surface area contributed by atoms with Gasteiger partial charge in [0, 0.05) is 31.4 Å². The predicted molar refractivity (Wildman–Crippen MR) is 54.4 cm³/mol. The van der Waals surface area contributed by atoms with Crippen LogP contribution in [0.15, 0.2) is 24.5 Å². The molecule has 1 heterocycles. The van der Waals surface area contributed by atoms with Gasteiger partial charge in [-0.2, -0.15) is 0 Å². The topological polar surface area (TPSA) is 46.1 Å². The van der Waals surface area contributed by atoms with Crippen molar-refractivity contribution in [1.29, 1.82) is 0 Å². The molecule has 1 aliphatic rings. The van der Waals surface area contributed by atoms with E-state index in [2.05, 4.69) is 10.7 Å². The van der Waals surface area contributed by atoms with Crippen LogP contribution in [0.3, 0.4) is 0 Å². The van der Waals surface area contributed by atoms with Crippen LogP contribution in [0.4, 0.5) is 0 Å². The molecule has 1 amide bonds. The Morgan fingerprint density at radius 1 is 1.36 bits per heavy atom. The van der Waals surface area contributed by atoms with Gasteiger partial charge in [0.15, 0.2) is 0 Å². The van der Waals surface area contributed by atoms with E-state index in [0.717, 1.165) is 12.8 Å². The standard InChI is InChI=1S/C10H15N3O/c14-10(12-9-3-4-9)5-6-11-13-7-1-2-8-13/h1-2,7-9,11H,3-6H2,(H,12,14). The summed E-state index contributed by atoms with van der Waals surface area (Å²) in [5, 5.41) is 2.95. The van der Waals surface area contributed by atoms with E-state index in [-0.39, 0.29) is 5.91 Å². The number of amides is 1. The van der Waals surface area contributed by atoms with Crippen LogP contribution < -0.4 is 10.7 Å². The number of rotatable bonds is 5. The minimum Gasteiger partial charge on any atom is -0.353 e. The van der Waals surface area contributed by atoms with Gasteiger partial charge >= 0.3 is 0 Å². The minimum atomic E-state index is 0.146. The Labute approximate surface area is 83.3 Å². The second kappa shape index (κ2) is 4.17. The third kappa shape index (κ3) is 2.80. The van der Waals surface area contributed by atoms with Gasteiger partial charge in [-0.1, -0.05) is 0 Å². The Balaban J connectivity index is 1.60. The summed E-state index contributed by atoms with van der Waals surface area (Å²) in [5.74, 6) is 0.146. The van der Waals surface area contributed by atoms with Gasteiger partial charge < -0.3 is 10.7 Å². The summed E-state index contributed by atoms with van der Waals surface area (Å²) in [4.78, 5) is 11.3. The molecule has 2 rings (SSSR count). The third-order valence-electron chi connectivity index (χ3n) is 2.19. The summed E-state index contributed by atoms with van der Waals surface area (Å²) in [5.41, 5.74) is 3.11. The summed E-state index contributed by atoms with van der Waals surface area (Å²) in [6.45, 7) is 0.674. The molecule has 14 heavy (non-hydrogen) atoms. The van der Waals surface area contributed by atoms with Crippen molar-refractivity contribution in [2.45, 2.75) is 25.3 Å². The van der Waals surface area contributed by atoms with Crippen molar-refractivity contribution in [2.24, 2.45) is 0 Å². The van der Waals surface area contributed by atoms with Crippen molar-refractivity contribution in [2.75, 3.05) is 12.0 Å². The molecule has 1 saturated carbocycles. The minimum absolute atomic E-state index is 0.146. The molecule has 0 bridgehead atoms. The van der Waals surface area contributed by atoms with Crippen LogP contribution in [0.25, 0.3) is 0 Å². The Hall–Kier alpha value is -1.45. The van der Waals surface area contributed by atoms with E-state index in [9.17, 15) is 4.79 Å². The van der Waals surface area contributed by atoms with E-state index in [1.165, 1.54) is 0 Å². The number of carbonyl (C=O) groups excluding carboxylic acids is 1. The van der Waals surface area contributed by atoms with Gasteiger partial charge in [0.25, 0.3) is 0 Å². The fourth-order valence-electron chi connectivity index (χ4n) is 1.27. The molecule has 0 saturated heterocycles. The normalized spacial score (nSPS) is 15.1. The fourth-order valence-corrected chi connectivity index (χ4v) is 1.27. The van der Waals surface area contributed by atoms with E-state index in [0.29, 0.717) is 19.0 Å². The molecular weight excluding hydrogens is 178 g/mol. The first-order valence-corrected chi connectivity index (χ1v) is 5.01. The second-order valence-corrected chi connectivity index (χ2v) is 3.59. The van der Waals surface area contributed by atoms with E-state index in [4.69, 9.17) is 0 Å². The van der Waals surface area contributed by atoms with Crippen molar-refractivity contribution < 1.29 is 4.79 Å². The lowest BCUT2D eigenvalue weighted by Crippen LogP contribution is -2.28. The Morgan fingerprint density at radius 3 is 2.71 bits per heavy atom. The van der Waals surface area contributed by atoms with E-state index in [1.807, 2.05) is 29.2 Å². The second-order valence-electron chi connectivity index (χ2n) is 3.59. The van der Waals surface area contributed by atoms with Crippen LogP contribution >= 0.6 is 0 Å². The summed E-state index contributed by atoms with van der Waals surface area (Å²) < 4.78 is 1.85. The molecule has 1 aliphatic carbocycles. The van der Waals surface area contributed by atoms with E-state index in [1.54, 1.807) is 0 Å². The van der Waals surface area contributed by atoms with Gasteiger partial charge in [-0.05, 0) is 25.0 Å². The van der Waals surface area contributed by atoms with E-state index >= 15 is 0 Å². The van der Waals surface area contributed by atoms with Crippen molar-refractivity contribution in [3.63, 3.8) is 0 Å². The smallest absolute Gasteiger partial charge is 0.222 e. The predicted octanol–water partition coefficient (Wildman–Crippen LogP) is 0.700. The molecule has 1 aromatic rings. The maximum Gasteiger partial charge on any atom is 0.222 e. The molecule has 0 unspecified atom stereocenters. The van der Waals surface area contributed by atoms with Crippen LogP contribution in [0.1, 0.15) is 19.3 Å². The van der Waals surface area contributed by atoms with Gasteiger partial charge in [-0.15, -0.1) is 0 Å². The Morgan fingerprint density at radius 2 is 2.07 bits per heavy atom. The van der Waals surface area contributed by atoms with E-state index < -0.39 is 0 Å². The highest BCUT2D eigenvalue weighted by atomic mass is 16.1. The van der Waals surface area contributed by atoms with Crippen LogP contribution in [-0.4, -0.2) is 23.2 Å². The largest absolute Gasteiger partial charge is 0.353 e. The third-order valence-corrected chi connectivity index (χ3v) is 2.19. The number of aromatic nitrogens is 1. The highest BCUT2D eigenvalue weighted by Gasteiger charge is 2.22. The summed E-state index contributed by atoms with van der Waals surface area (Å²) in [7, 11) is 0. The molecule has 2 N–H and O–H groups in total. The lowest BCUT2D eigenvalue weighted by Gasteiger charge is -2.07. The maximum atomic E-state index is 11.3. The highest BCUT2D eigenvalue weighted by molar-refractivity contribution is 5.76. The Bertz CT molecular complexity index is 290. The maximum absolute atomic E-state index is 11.3. The molecule has 0 radical (unpaired) electrons. The van der Waals surface area contributed by atoms with Gasteiger partial charge in [0.1, 0.15) is 0 Å². The average Bonchev–Trinajstić information content (AvgIpc) is 2.82. The molecule has 4 heteroatoms. The van der Waals surface area contributed by atoms with Crippen molar-refractivity contribution in [3.8, 4) is 0 Å². The fraction of sp³-hybridized carbons (Fsp3) is 0.500. The summed E-state index contributed by atoms with van der Waals surface area (Å²) in [6.07, 6.45) is 6.67. The average molecular weight is 193 g/mol. The summed E-state index contributed by atoms with van der Waals surface area (Å²) >= 11 is 0. The van der Waals surface area contributed by atoms with Crippen LogP contribution in [-0.2, 0) is 4.79 Å². The van der Waals surface area contributed by atoms with Crippen LogP contribution in [0.5, 0.6) is 0 Å². The van der Waals surface area contributed by atoms with Gasteiger partial charge in [0.05, 0.1) is 0 Å². The molecule has 0 aromatic carbocycles. The number of carbonyl (C=O) groups is 1. The molecule has 4 nitrogen and oxygen atoms in total. The number of nitrogens with one attached hydrogen (secondary N) is 2. The molecular formula is C10H15N3O. The first kappa shape index (κ1) is 9.12. The van der Waals surface area contributed by atoms with Gasteiger partial charge in [-0.25, -0.2) is 0 Å². The molecule has 1 fully saturated rings. The first-order valence-electron chi connectivity index (χ1n) is 5.01. The van der Waals surface area contributed by atoms with Crippen molar-refractivity contribution in [1.82, 2.24) is 9.99 Å². The quantitative estimate of drug-likeness (QED) is 0.723. The molecule has 1 aromatic heterocycles. The molecule has 0 aliphatic heterocycles. The van der Waals surface area contributed by atoms with Gasteiger partial charge in [0.2, 0.25) is 5.91 Å². The zero-order chi connectivity index (χ0) is 9.80. The molecule has 76 valence electrons. The SMILES string of the molecule is O=C(CCNn1cccc1)NC1CC1. The Kier molecular flexibility index (Phi) is 2.72. The number of hydrogen-bond donors (Lipinski definition) is 2. The summed E-state index contributed by atoms with van der Waals surface area (Å²) in [6, 6.07) is 4.35. The lowest BCUT2D eigenvalue weighted by molar-refractivity contribution is -0.121. The molecule has 0 atom stereocenters.